The van der Waals surface area contributed by atoms with Crippen molar-refractivity contribution in [3.8, 4) is 0 Å². The molecule has 0 amide bonds. The van der Waals surface area contributed by atoms with Gasteiger partial charge in [0.1, 0.15) is 0 Å². The Morgan fingerprint density at radius 3 is 2.60 bits per heavy atom. The Labute approximate surface area is 119 Å². The fraction of sp³-hybridized carbons (Fsp3) is 0.467. The van der Waals surface area contributed by atoms with Crippen LogP contribution < -0.4 is 10.6 Å². The minimum Gasteiger partial charge on any atom is -0.404 e. The van der Waals surface area contributed by atoms with Crippen LogP contribution in [0.4, 0.5) is 5.69 Å². The second-order valence-electron chi connectivity index (χ2n) is 5.10. The Hall–Kier alpha value is -1.88. The predicted octanol–water partition coefficient (Wildman–Crippen LogP) is 1.44. The number of nitrogens with zero attached hydrogens (tertiary/aromatic N) is 2. The lowest BCUT2D eigenvalue weighted by molar-refractivity contribution is -0.116. The molecule has 1 saturated heterocycles. The lowest BCUT2D eigenvalue weighted by Crippen LogP contribution is -2.36. The predicted molar refractivity (Wildman–Crippen MR) is 79.3 cm³/mol. The van der Waals surface area contributed by atoms with E-state index in [0.29, 0.717) is 11.3 Å². The van der Waals surface area contributed by atoms with Gasteiger partial charge in [0.25, 0.3) is 0 Å². The summed E-state index contributed by atoms with van der Waals surface area (Å²) in [7, 11) is 0. The van der Waals surface area contributed by atoms with Gasteiger partial charge in [-0.05, 0) is 12.1 Å². The van der Waals surface area contributed by atoms with Gasteiger partial charge in [0, 0.05) is 25.2 Å². The number of nitrogens with two attached hydrogens (primary N) is 1. The number of rotatable bonds is 4. The van der Waals surface area contributed by atoms with E-state index < -0.39 is 0 Å². The standard InChI is InChI=1S/C15H21N3O2/c1-11(2)15(19)13(9-16)14-4-3-12(10-17-14)18-5-7-20-8-6-18/h3-4,9-11H,5-8,16H2,1-2H3. The minimum absolute atomic E-state index is 0.0131. The molecule has 2 heterocycles. The van der Waals surface area contributed by atoms with Gasteiger partial charge in [-0.25, -0.2) is 0 Å². The fourth-order valence-corrected chi connectivity index (χ4v) is 2.16. The largest absolute Gasteiger partial charge is 0.404 e. The van der Waals surface area contributed by atoms with E-state index in [4.69, 9.17) is 10.5 Å². The number of morpholine rings is 1. The van der Waals surface area contributed by atoms with Crippen LogP contribution in [0.15, 0.2) is 24.5 Å². The molecule has 0 saturated carbocycles. The number of carbonyl (C=O) groups excluding carboxylic acids is 1. The average Bonchev–Trinajstić information content (AvgIpc) is 2.49. The molecular weight excluding hydrogens is 254 g/mol. The van der Waals surface area contributed by atoms with E-state index >= 15 is 0 Å². The van der Waals surface area contributed by atoms with Gasteiger partial charge < -0.3 is 15.4 Å². The second kappa shape index (κ2) is 6.52. The number of ketones is 1. The zero-order valence-corrected chi connectivity index (χ0v) is 12.0. The summed E-state index contributed by atoms with van der Waals surface area (Å²) in [6.07, 6.45) is 3.14. The monoisotopic (exact) mass is 275 g/mol. The van der Waals surface area contributed by atoms with Crippen LogP contribution in [0.2, 0.25) is 0 Å². The Balaban J connectivity index is 2.16. The molecule has 1 aliphatic rings. The fourth-order valence-electron chi connectivity index (χ4n) is 2.16. The quantitative estimate of drug-likeness (QED) is 0.842. The molecule has 5 nitrogen and oxygen atoms in total. The van der Waals surface area contributed by atoms with Gasteiger partial charge in [-0.2, -0.15) is 0 Å². The van der Waals surface area contributed by atoms with Gasteiger partial charge in [-0.1, -0.05) is 13.8 Å². The van der Waals surface area contributed by atoms with Gasteiger partial charge in [0.2, 0.25) is 0 Å². The van der Waals surface area contributed by atoms with Crippen molar-refractivity contribution >= 4 is 17.0 Å². The molecule has 1 aromatic heterocycles. The van der Waals surface area contributed by atoms with Crippen molar-refractivity contribution in [2.45, 2.75) is 13.8 Å². The number of anilines is 1. The van der Waals surface area contributed by atoms with E-state index in [2.05, 4.69) is 9.88 Å². The molecule has 0 unspecified atom stereocenters. The van der Waals surface area contributed by atoms with Crippen LogP contribution >= 0.6 is 0 Å². The second-order valence-corrected chi connectivity index (χ2v) is 5.10. The third kappa shape index (κ3) is 3.17. The first-order valence-electron chi connectivity index (χ1n) is 6.88. The van der Waals surface area contributed by atoms with E-state index in [1.54, 1.807) is 6.20 Å². The van der Waals surface area contributed by atoms with Crippen LogP contribution in [-0.2, 0) is 9.53 Å². The number of ether oxygens (including phenoxy) is 1. The maximum Gasteiger partial charge on any atom is 0.169 e. The normalized spacial score (nSPS) is 16.6. The molecule has 0 atom stereocenters. The third-order valence-corrected chi connectivity index (χ3v) is 3.36. The molecule has 1 aromatic rings. The highest BCUT2D eigenvalue weighted by Crippen LogP contribution is 2.20. The smallest absolute Gasteiger partial charge is 0.169 e. The maximum atomic E-state index is 12.0. The summed E-state index contributed by atoms with van der Waals surface area (Å²) in [5.74, 6) is -0.0790. The molecule has 2 rings (SSSR count). The highest BCUT2D eigenvalue weighted by atomic mass is 16.5. The molecule has 1 fully saturated rings. The molecule has 2 N–H and O–H groups in total. The number of Topliss-reactive ketones (excluding diaryl/α,β-unsaturated/α-hetero) is 1. The first-order valence-corrected chi connectivity index (χ1v) is 6.88. The molecule has 0 bridgehead atoms. The van der Waals surface area contributed by atoms with Crippen LogP contribution in [0.1, 0.15) is 19.5 Å². The summed E-state index contributed by atoms with van der Waals surface area (Å²) >= 11 is 0. The summed E-state index contributed by atoms with van der Waals surface area (Å²) in [6.45, 7) is 6.92. The molecule has 20 heavy (non-hydrogen) atoms. The topological polar surface area (TPSA) is 68.5 Å². The zero-order valence-electron chi connectivity index (χ0n) is 12.0. The number of hydrogen-bond acceptors (Lipinski definition) is 5. The van der Waals surface area contributed by atoms with Crippen molar-refractivity contribution < 1.29 is 9.53 Å². The van der Waals surface area contributed by atoms with Gasteiger partial charge in [0.15, 0.2) is 5.78 Å². The van der Waals surface area contributed by atoms with Crippen LogP contribution in [0.3, 0.4) is 0 Å². The van der Waals surface area contributed by atoms with E-state index in [1.807, 2.05) is 26.0 Å². The molecular formula is C15H21N3O2. The van der Waals surface area contributed by atoms with E-state index in [0.717, 1.165) is 32.0 Å². The van der Waals surface area contributed by atoms with Gasteiger partial charge >= 0.3 is 0 Å². The summed E-state index contributed by atoms with van der Waals surface area (Å²) in [6, 6.07) is 3.83. The van der Waals surface area contributed by atoms with Gasteiger partial charge in [-0.3, -0.25) is 9.78 Å². The first kappa shape index (κ1) is 14.5. The third-order valence-electron chi connectivity index (χ3n) is 3.36. The van der Waals surface area contributed by atoms with Crippen molar-refractivity contribution in [2.24, 2.45) is 11.7 Å². The summed E-state index contributed by atoms with van der Waals surface area (Å²) < 4.78 is 5.33. The van der Waals surface area contributed by atoms with Crippen molar-refractivity contribution in [3.05, 3.63) is 30.2 Å². The molecule has 0 spiro atoms. The van der Waals surface area contributed by atoms with Gasteiger partial charge in [0.05, 0.1) is 36.4 Å². The SMILES string of the molecule is CC(C)C(=O)C(=CN)c1ccc(N2CCOCC2)cn1. The number of hydrogen-bond donors (Lipinski definition) is 1. The molecule has 108 valence electrons. The number of aromatic nitrogens is 1. The van der Waals surface area contributed by atoms with Crippen molar-refractivity contribution in [1.29, 1.82) is 0 Å². The first-order chi connectivity index (χ1) is 9.63. The lowest BCUT2D eigenvalue weighted by atomic mass is 9.99. The Bertz CT molecular complexity index is 488. The van der Waals surface area contributed by atoms with Crippen LogP contribution in [0.25, 0.3) is 5.57 Å². The molecule has 0 radical (unpaired) electrons. The van der Waals surface area contributed by atoms with Crippen LogP contribution in [-0.4, -0.2) is 37.1 Å². The minimum atomic E-state index is -0.0921. The van der Waals surface area contributed by atoms with E-state index in [1.165, 1.54) is 6.20 Å². The Morgan fingerprint density at radius 1 is 1.40 bits per heavy atom. The molecule has 0 aliphatic carbocycles. The van der Waals surface area contributed by atoms with E-state index in [-0.39, 0.29) is 11.7 Å². The number of allylic oxidation sites excluding steroid dienone is 1. The number of carbonyl (C=O) groups is 1. The Kier molecular flexibility index (Phi) is 4.74. The van der Waals surface area contributed by atoms with Gasteiger partial charge in [-0.15, -0.1) is 0 Å². The average molecular weight is 275 g/mol. The molecule has 0 aromatic carbocycles. The zero-order chi connectivity index (χ0) is 14.5. The van der Waals surface area contributed by atoms with Crippen molar-refractivity contribution in [2.75, 3.05) is 31.2 Å². The lowest BCUT2D eigenvalue weighted by Gasteiger charge is -2.28. The summed E-state index contributed by atoms with van der Waals surface area (Å²) in [5, 5.41) is 0. The van der Waals surface area contributed by atoms with Crippen molar-refractivity contribution in [1.82, 2.24) is 4.98 Å². The van der Waals surface area contributed by atoms with Crippen LogP contribution in [0, 0.1) is 5.92 Å². The van der Waals surface area contributed by atoms with Crippen LogP contribution in [0.5, 0.6) is 0 Å². The summed E-state index contributed by atoms with van der Waals surface area (Å²) in [4.78, 5) is 18.6. The molecule has 1 aliphatic heterocycles. The van der Waals surface area contributed by atoms with Crippen molar-refractivity contribution in [3.63, 3.8) is 0 Å². The van der Waals surface area contributed by atoms with E-state index in [9.17, 15) is 4.79 Å². The molecule has 5 heteroatoms. The summed E-state index contributed by atoms with van der Waals surface area (Å²) in [5.41, 5.74) is 7.73. The number of pyridine rings is 1. The maximum absolute atomic E-state index is 12.0. The Morgan fingerprint density at radius 2 is 2.10 bits per heavy atom. The highest BCUT2D eigenvalue weighted by molar-refractivity contribution is 6.20. The highest BCUT2D eigenvalue weighted by Gasteiger charge is 2.17.